The monoisotopic (exact) mass is 193 g/mol. The van der Waals surface area contributed by atoms with Crippen LogP contribution in [0.15, 0.2) is 12.1 Å². The van der Waals surface area contributed by atoms with E-state index in [2.05, 4.69) is 5.32 Å². The van der Waals surface area contributed by atoms with E-state index in [0.29, 0.717) is 13.4 Å². The van der Waals surface area contributed by atoms with Gasteiger partial charge in [0.2, 0.25) is 6.79 Å². The van der Waals surface area contributed by atoms with Crippen LogP contribution in [0.2, 0.25) is 0 Å². The van der Waals surface area contributed by atoms with Gasteiger partial charge in [0.1, 0.15) is 12.4 Å². The van der Waals surface area contributed by atoms with Crippen molar-refractivity contribution in [3.63, 3.8) is 0 Å². The highest BCUT2D eigenvalue weighted by molar-refractivity contribution is 5.54. The van der Waals surface area contributed by atoms with Crippen LogP contribution in [0.25, 0.3) is 0 Å². The number of likely N-dealkylation sites (N-methyl/N-ethyl adjacent to an activating group) is 1. The predicted molar refractivity (Wildman–Crippen MR) is 49.9 cm³/mol. The summed E-state index contributed by atoms with van der Waals surface area (Å²) in [4.78, 5) is 0. The maximum Gasteiger partial charge on any atom is 0.231 e. The maximum atomic E-state index is 5.53. The third-order valence-electron chi connectivity index (χ3n) is 2.63. The van der Waals surface area contributed by atoms with E-state index in [9.17, 15) is 0 Å². The second-order valence-corrected chi connectivity index (χ2v) is 3.40. The van der Waals surface area contributed by atoms with Crippen LogP contribution in [0.5, 0.6) is 17.2 Å². The SMILES string of the molecule is CNC1COc2cc3c(cc21)OCO3. The Bertz CT molecular complexity index is 378. The molecule has 1 unspecified atom stereocenters. The molecule has 0 fully saturated rings. The predicted octanol–water partition coefficient (Wildman–Crippen LogP) is 1.07. The molecule has 4 heteroatoms. The van der Waals surface area contributed by atoms with Gasteiger partial charge in [-0.15, -0.1) is 0 Å². The quantitative estimate of drug-likeness (QED) is 0.724. The van der Waals surface area contributed by atoms with Crippen molar-refractivity contribution in [2.45, 2.75) is 6.04 Å². The second kappa shape index (κ2) is 2.78. The molecule has 0 saturated heterocycles. The first-order chi connectivity index (χ1) is 6.88. The Kier molecular flexibility index (Phi) is 1.58. The molecule has 1 aromatic carbocycles. The zero-order valence-corrected chi connectivity index (χ0v) is 7.87. The molecule has 0 aromatic heterocycles. The lowest BCUT2D eigenvalue weighted by Gasteiger charge is -2.06. The normalized spacial score (nSPS) is 21.9. The van der Waals surface area contributed by atoms with E-state index in [-0.39, 0.29) is 6.04 Å². The van der Waals surface area contributed by atoms with Gasteiger partial charge in [-0.2, -0.15) is 0 Å². The summed E-state index contributed by atoms with van der Waals surface area (Å²) in [5.41, 5.74) is 1.15. The lowest BCUT2D eigenvalue weighted by atomic mass is 10.1. The van der Waals surface area contributed by atoms with Crippen LogP contribution in [0.3, 0.4) is 0 Å². The fourth-order valence-corrected chi connectivity index (χ4v) is 1.84. The molecule has 74 valence electrons. The Hall–Kier alpha value is -1.42. The number of hydrogen-bond donors (Lipinski definition) is 1. The van der Waals surface area contributed by atoms with Crippen molar-refractivity contribution in [2.75, 3.05) is 20.4 Å². The molecule has 2 aliphatic heterocycles. The van der Waals surface area contributed by atoms with Gasteiger partial charge in [0.15, 0.2) is 11.5 Å². The van der Waals surface area contributed by atoms with E-state index in [1.165, 1.54) is 0 Å². The van der Waals surface area contributed by atoms with E-state index >= 15 is 0 Å². The summed E-state index contributed by atoms with van der Waals surface area (Å²) in [6.07, 6.45) is 0. The third-order valence-corrected chi connectivity index (χ3v) is 2.63. The van der Waals surface area contributed by atoms with Crippen molar-refractivity contribution in [1.82, 2.24) is 5.32 Å². The molecule has 4 nitrogen and oxygen atoms in total. The average molecular weight is 193 g/mol. The molecule has 0 spiro atoms. The number of rotatable bonds is 1. The van der Waals surface area contributed by atoms with E-state index in [1.54, 1.807) is 0 Å². The molecule has 3 rings (SSSR count). The molecule has 2 aliphatic rings. The highest BCUT2D eigenvalue weighted by Crippen LogP contribution is 2.43. The molecular weight excluding hydrogens is 182 g/mol. The van der Waals surface area contributed by atoms with Crippen molar-refractivity contribution < 1.29 is 14.2 Å². The van der Waals surface area contributed by atoms with Gasteiger partial charge in [-0.25, -0.2) is 0 Å². The summed E-state index contributed by atoms with van der Waals surface area (Å²) in [6, 6.07) is 4.15. The molecule has 14 heavy (non-hydrogen) atoms. The summed E-state index contributed by atoms with van der Waals surface area (Å²) < 4.78 is 16.1. The first-order valence-electron chi connectivity index (χ1n) is 4.62. The molecule has 1 atom stereocenters. The third kappa shape index (κ3) is 0.974. The van der Waals surface area contributed by atoms with Crippen LogP contribution in [0.1, 0.15) is 11.6 Å². The van der Waals surface area contributed by atoms with E-state index in [0.717, 1.165) is 22.8 Å². The molecule has 1 aromatic rings. The molecule has 0 amide bonds. The Morgan fingerprint density at radius 2 is 1.93 bits per heavy atom. The van der Waals surface area contributed by atoms with Gasteiger partial charge in [0, 0.05) is 11.6 Å². The molecule has 0 bridgehead atoms. The number of hydrogen-bond acceptors (Lipinski definition) is 4. The van der Waals surface area contributed by atoms with Gasteiger partial charge in [0.05, 0.1) is 6.04 Å². The van der Waals surface area contributed by atoms with Crippen LogP contribution in [0, 0.1) is 0 Å². The van der Waals surface area contributed by atoms with Crippen LogP contribution in [0.4, 0.5) is 0 Å². The highest BCUT2D eigenvalue weighted by atomic mass is 16.7. The number of ether oxygens (including phenoxy) is 3. The van der Waals surface area contributed by atoms with Crippen molar-refractivity contribution in [2.24, 2.45) is 0 Å². The fraction of sp³-hybridized carbons (Fsp3) is 0.400. The summed E-state index contributed by atoms with van der Waals surface area (Å²) in [5.74, 6) is 2.49. The Labute approximate surface area is 81.8 Å². The Morgan fingerprint density at radius 3 is 2.71 bits per heavy atom. The standard InChI is InChI=1S/C10H11NO3/c1-11-7-4-12-8-3-10-9(2-6(7)8)13-5-14-10/h2-3,7,11H,4-5H2,1H3. The van der Waals surface area contributed by atoms with E-state index < -0.39 is 0 Å². The number of benzene rings is 1. The highest BCUT2D eigenvalue weighted by Gasteiger charge is 2.27. The van der Waals surface area contributed by atoms with Crippen molar-refractivity contribution in [1.29, 1.82) is 0 Å². The fourth-order valence-electron chi connectivity index (χ4n) is 1.84. The van der Waals surface area contributed by atoms with Crippen molar-refractivity contribution in [3.8, 4) is 17.2 Å². The Morgan fingerprint density at radius 1 is 1.14 bits per heavy atom. The van der Waals surface area contributed by atoms with Gasteiger partial charge >= 0.3 is 0 Å². The van der Waals surface area contributed by atoms with Gasteiger partial charge in [-0.3, -0.25) is 0 Å². The minimum atomic E-state index is 0.263. The largest absolute Gasteiger partial charge is 0.491 e. The summed E-state index contributed by atoms with van der Waals surface area (Å²) in [5, 5.41) is 3.19. The second-order valence-electron chi connectivity index (χ2n) is 3.40. The maximum absolute atomic E-state index is 5.53. The van der Waals surface area contributed by atoms with Gasteiger partial charge in [-0.1, -0.05) is 0 Å². The van der Waals surface area contributed by atoms with Gasteiger partial charge in [0.25, 0.3) is 0 Å². The lowest BCUT2D eigenvalue weighted by Crippen LogP contribution is -2.17. The summed E-state index contributed by atoms with van der Waals surface area (Å²) >= 11 is 0. The molecule has 2 heterocycles. The first kappa shape index (κ1) is 7.94. The van der Waals surface area contributed by atoms with Crippen LogP contribution >= 0.6 is 0 Å². The minimum absolute atomic E-state index is 0.263. The van der Waals surface area contributed by atoms with Crippen molar-refractivity contribution >= 4 is 0 Å². The van der Waals surface area contributed by atoms with E-state index in [4.69, 9.17) is 14.2 Å². The number of fused-ring (bicyclic) bond motifs is 2. The Balaban J connectivity index is 2.09. The summed E-state index contributed by atoms with van der Waals surface area (Å²) in [6.45, 7) is 0.983. The molecule has 1 N–H and O–H groups in total. The smallest absolute Gasteiger partial charge is 0.231 e. The topological polar surface area (TPSA) is 39.7 Å². The molecular formula is C10H11NO3. The summed E-state index contributed by atoms with van der Waals surface area (Å²) in [7, 11) is 1.92. The molecule has 0 radical (unpaired) electrons. The van der Waals surface area contributed by atoms with Crippen LogP contribution in [-0.2, 0) is 0 Å². The van der Waals surface area contributed by atoms with Gasteiger partial charge < -0.3 is 19.5 Å². The lowest BCUT2D eigenvalue weighted by molar-refractivity contribution is 0.173. The van der Waals surface area contributed by atoms with Crippen LogP contribution < -0.4 is 19.5 Å². The minimum Gasteiger partial charge on any atom is -0.491 e. The number of nitrogens with one attached hydrogen (secondary N) is 1. The van der Waals surface area contributed by atoms with E-state index in [1.807, 2.05) is 19.2 Å². The van der Waals surface area contributed by atoms with Crippen LogP contribution in [-0.4, -0.2) is 20.4 Å². The van der Waals surface area contributed by atoms with Gasteiger partial charge in [-0.05, 0) is 13.1 Å². The zero-order valence-electron chi connectivity index (χ0n) is 7.87. The molecule has 0 aliphatic carbocycles. The average Bonchev–Trinajstić information content (AvgIpc) is 2.78. The molecule has 0 saturated carbocycles. The first-order valence-corrected chi connectivity index (χ1v) is 4.62. The van der Waals surface area contributed by atoms with Crippen molar-refractivity contribution in [3.05, 3.63) is 17.7 Å². The zero-order chi connectivity index (χ0) is 9.54.